The van der Waals surface area contributed by atoms with Gasteiger partial charge < -0.3 is 5.32 Å². The predicted octanol–water partition coefficient (Wildman–Crippen LogP) is 4.23. The van der Waals surface area contributed by atoms with Gasteiger partial charge in [-0.1, -0.05) is 53.9 Å². The maximum atomic E-state index is 3.65. The first-order valence-electron chi connectivity index (χ1n) is 7.14. The topological polar surface area (TPSA) is 12.0 Å². The SMILES string of the molecule is CC(C)NCC1CCCCCC1C(C)(C)C. The minimum atomic E-state index is 0.480. The molecule has 2 unspecified atom stereocenters. The van der Waals surface area contributed by atoms with Crippen LogP contribution in [0.25, 0.3) is 0 Å². The number of hydrogen-bond donors (Lipinski definition) is 1. The summed E-state index contributed by atoms with van der Waals surface area (Å²) in [6.07, 6.45) is 7.21. The van der Waals surface area contributed by atoms with Crippen molar-refractivity contribution in [2.75, 3.05) is 6.54 Å². The van der Waals surface area contributed by atoms with Crippen LogP contribution >= 0.6 is 0 Å². The molecular weight excluding hydrogens is 194 g/mol. The quantitative estimate of drug-likeness (QED) is 0.709. The van der Waals surface area contributed by atoms with Crippen molar-refractivity contribution in [2.45, 2.75) is 72.8 Å². The van der Waals surface area contributed by atoms with E-state index in [1.54, 1.807) is 0 Å². The van der Waals surface area contributed by atoms with Gasteiger partial charge in [0.25, 0.3) is 0 Å². The van der Waals surface area contributed by atoms with E-state index in [2.05, 4.69) is 39.9 Å². The molecule has 0 amide bonds. The normalized spacial score (nSPS) is 28.1. The maximum absolute atomic E-state index is 3.65. The van der Waals surface area contributed by atoms with Gasteiger partial charge in [-0.15, -0.1) is 0 Å². The lowest BCUT2D eigenvalue weighted by atomic mass is 9.70. The zero-order valence-electron chi connectivity index (χ0n) is 12.0. The lowest BCUT2D eigenvalue weighted by Crippen LogP contribution is -2.36. The van der Waals surface area contributed by atoms with Gasteiger partial charge in [0.2, 0.25) is 0 Å². The average molecular weight is 225 g/mol. The van der Waals surface area contributed by atoms with E-state index < -0.39 is 0 Å². The van der Waals surface area contributed by atoms with Crippen LogP contribution in [0.15, 0.2) is 0 Å². The Hall–Kier alpha value is -0.0400. The highest BCUT2D eigenvalue weighted by atomic mass is 14.9. The Morgan fingerprint density at radius 3 is 2.25 bits per heavy atom. The Bertz CT molecular complexity index is 190. The first kappa shape index (κ1) is 14.0. The van der Waals surface area contributed by atoms with Crippen LogP contribution in [0.2, 0.25) is 0 Å². The first-order chi connectivity index (χ1) is 7.41. The highest BCUT2D eigenvalue weighted by Crippen LogP contribution is 2.40. The molecule has 1 heteroatoms. The first-order valence-corrected chi connectivity index (χ1v) is 7.14. The van der Waals surface area contributed by atoms with Gasteiger partial charge in [0.1, 0.15) is 0 Å². The molecule has 0 heterocycles. The van der Waals surface area contributed by atoms with Gasteiger partial charge in [0.15, 0.2) is 0 Å². The summed E-state index contributed by atoms with van der Waals surface area (Å²) in [4.78, 5) is 0. The maximum Gasteiger partial charge on any atom is 0.00104 e. The van der Waals surface area contributed by atoms with E-state index in [0.29, 0.717) is 11.5 Å². The van der Waals surface area contributed by atoms with Gasteiger partial charge in [0.05, 0.1) is 0 Å². The van der Waals surface area contributed by atoms with E-state index in [0.717, 1.165) is 11.8 Å². The molecular formula is C15H31N. The van der Waals surface area contributed by atoms with E-state index in [1.807, 2.05) is 0 Å². The van der Waals surface area contributed by atoms with Crippen molar-refractivity contribution in [3.8, 4) is 0 Å². The summed E-state index contributed by atoms with van der Waals surface area (Å²) in [5.41, 5.74) is 0.480. The molecule has 0 aromatic heterocycles. The third-order valence-corrected chi connectivity index (χ3v) is 4.06. The molecule has 2 atom stereocenters. The van der Waals surface area contributed by atoms with Gasteiger partial charge in [-0.25, -0.2) is 0 Å². The molecule has 0 spiro atoms. The van der Waals surface area contributed by atoms with E-state index in [4.69, 9.17) is 0 Å². The zero-order valence-corrected chi connectivity index (χ0v) is 12.0. The zero-order chi connectivity index (χ0) is 12.2. The third-order valence-electron chi connectivity index (χ3n) is 4.06. The second kappa shape index (κ2) is 6.05. The van der Waals surface area contributed by atoms with Crippen LogP contribution in [0.1, 0.15) is 66.7 Å². The van der Waals surface area contributed by atoms with Crippen molar-refractivity contribution in [3.05, 3.63) is 0 Å². The molecule has 1 fully saturated rings. The van der Waals surface area contributed by atoms with E-state index in [9.17, 15) is 0 Å². The van der Waals surface area contributed by atoms with Crippen LogP contribution in [-0.4, -0.2) is 12.6 Å². The van der Waals surface area contributed by atoms with Crippen LogP contribution in [0, 0.1) is 17.3 Å². The molecule has 1 rings (SSSR count). The molecule has 0 bridgehead atoms. The summed E-state index contributed by atoms with van der Waals surface area (Å²) in [5, 5.41) is 3.65. The molecule has 16 heavy (non-hydrogen) atoms. The summed E-state index contributed by atoms with van der Waals surface area (Å²) in [6, 6.07) is 0.629. The Morgan fingerprint density at radius 2 is 1.69 bits per heavy atom. The lowest BCUT2D eigenvalue weighted by molar-refractivity contribution is 0.143. The Labute approximate surface area is 102 Å². The lowest BCUT2D eigenvalue weighted by Gasteiger charge is -2.37. The van der Waals surface area contributed by atoms with Crippen molar-refractivity contribution >= 4 is 0 Å². The largest absolute Gasteiger partial charge is 0.314 e. The van der Waals surface area contributed by atoms with Gasteiger partial charge >= 0.3 is 0 Å². The molecule has 0 radical (unpaired) electrons. The molecule has 1 saturated carbocycles. The molecule has 1 nitrogen and oxygen atoms in total. The van der Waals surface area contributed by atoms with Gasteiger partial charge in [-0.3, -0.25) is 0 Å². The van der Waals surface area contributed by atoms with E-state index in [1.165, 1.54) is 38.6 Å². The summed E-state index contributed by atoms with van der Waals surface area (Å²) in [5.74, 6) is 1.80. The molecule has 0 aromatic rings. The van der Waals surface area contributed by atoms with Crippen molar-refractivity contribution in [3.63, 3.8) is 0 Å². The smallest absolute Gasteiger partial charge is 0.00104 e. The van der Waals surface area contributed by atoms with Gasteiger partial charge in [-0.05, 0) is 36.6 Å². The second-order valence-corrected chi connectivity index (χ2v) is 6.93. The highest BCUT2D eigenvalue weighted by molar-refractivity contribution is 4.84. The number of nitrogens with one attached hydrogen (secondary N) is 1. The Balaban J connectivity index is 2.59. The number of rotatable bonds is 3. The molecule has 1 aliphatic rings. The molecule has 1 N–H and O–H groups in total. The van der Waals surface area contributed by atoms with Crippen LogP contribution in [-0.2, 0) is 0 Å². The van der Waals surface area contributed by atoms with E-state index in [-0.39, 0.29) is 0 Å². The summed E-state index contributed by atoms with van der Waals surface area (Å²) in [7, 11) is 0. The minimum Gasteiger partial charge on any atom is -0.314 e. The minimum absolute atomic E-state index is 0.480. The fourth-order valence-electron chi connectivity index (χ4n) is 3.16. The van der Waals surface area contributed by atoms with E-state index >= 15 is 0 Å². The predicted molar refractivity (Wildman–Crippen MR) is 72.7 cm³/mol. The summed E-state index contributed by atoms with van der Waals surface area (Å²) >= 11 is 0. The van der Waals surface area contributed by atoms with Crippen molar-refractivity contribution < 1.29 is 0 Å². The standard InChI is InChI=1S/C15H31N/c1-12(2)16-11-13-9-7-6-8-10-14(13)15(3,4)5/h12-14,16H,6-11H2,1-5H3. The van der Waals surface area contributed by atoms with Crippen molar-refractivity contribution in [2.24, 2.45) is 17.3 Å². The van der Waals surface area contributed by atoms with Crippen LogP contribution in [0.5, 0.6) is 0 Å². The monoisotopic (exact) mass is 225 g/mol. The summed E-state index contributed by atoms with van der Waals surface area (Å²) in [6.45, 7) is 13.0. The molecule has 0 aliphatic heterocycles. The van der Waals surface area contributed by atoms with Crippen molar-refractivity contribution in [1.29, 1.82) is 0 Å². The Morgan fingerprint density at radius 1 is 1.06 bits per heavy atom. The number of hydrogen-bond acceptors (Lipinski definition) is 1. The molecule has 0 saturated heterocycles. The average Bonchev–Trinajstić information content (AvgIpc) is 2.38. The Kier molecular flexibility index (Phi) is 5.30. The highest BCUT2D eigenvalue weighted by Gasteiger charge is 2.32. The second-order valence-electron chi connectivity index (χ2n) is 6.93. The fraction of sp³-hybridized carbons (Fsp3) is 1.00. The van der Waals surface area contributed by atoms with Gasteiger partial charge in [-0.2, -0.15) is 0 Å². The fourth-order valence-corrected chi connectivity index (χ4v) is 3.16. The molecule has 1 aliphatic carbocycles. The van der Waals surface area contributed by atoms with Crippen molar-refractivity contribution in [1.82, 2.24) is 5.32 Å². The van der Waals surface area contributed by atoms with Crippen LogP contribution < -0.4 is 5.32 Å². The summed E-state index contributed by atoms with van der Waals surface area (Å²) < 4.78 is 0. The van der Waals surface area contributed by atoms with Gasteiger partial charge in [0, 0.05) is 6.04 Å². The molecule has 96 valence electrons. The molecule has 0 aromatic carbocycles. The van der Waals surface area contributed by atoms with Crippen LogP contribution in [0.4, 0.5) is 0 Å². The third kappa shape index (κ3) is 4.45. The van der Waals surface area contributed by atoms with Crippen LogP contribution in [0.3, 0.4) is 0 Å².